The van der Waals surface area contributed by atoms with E-state index in [1.807, 2.05) is 50.2 Å². The van der Waals surface area contributed by atoms with Crippen LogP contribution in [-0.2, 0) is 11.3 Å². The van der Waals surface area contributed by atoms with Gasteiger partial charge in [-0.15, -0.1) is 0 Å². The van der Waals surface area contributed by atoms with Crippen molar-refractivity contribution in [3.63, 3.8) is 0 Å². The molecule has 0 aliphatic rings. The number of hydrogen-bond donors (Lipinski definition) is 0. The Balaban J connectivity index is 2.13. The summed E-state index contributed by atoms with van der Waals surface area (Å²) in [5.74, 6) is 0.0740. The van der Waals surface area contributed by atoms with Gasteiger partial charge in [0.15, 0.2) is 0 Å². The Kier molecular flexibility index (Phi) is 4.29. The topological polar surface area (TPSA) is 49.3 Å². The van der Waals surface area contributed by atoms with Gasteiger partial charge in [-0.3, -0.25) is 14.7 Å². The SMILES string of the molecule is C[C@@H](C(=O)N(C)Cc1cnc2ccccc2n1)N(C)C. The normalized spacial score (nSPS) is 12.7. The van der Waals surface area contributed by atoms with Crippen LogP contribution < -0.4 is 0 Å². The number of benzene rings is 1. The Hall–Kier alpha value is -2.01. The summed E-state index contributed by atoms with van der Waals surface area (Å²) < 4.78 is 0. The summed E-state index contributed by atoms with van der Waals surface area (Å²) in [5, 5.41) is 0. The molecule has 0 N–H and O–H groups in total. The Morgan fingerprint density at radius 2 is 1.85 bits per heavy atom. The molecule has 5 nitrogen and oxygen atoms in total. The molecular weight excluding hydrogens is 252 g/mol. The zero-order valence-electron chi connectivity index (χ0n) is 12.4. The van der Waals surface area contributed by atoms with Gasteiger partial charge in [0, 0.05) is 7.05 Å². The van der Waals surface area contributed by atoms with Gasteiger partial charge >= 0.3 is 0 Å². The van der Waals surface area contributed by atoms with E-state index < -0.39 is 0 Å². The second kappa shape index (κ2) is 5.96. The number of aromatic nitrogens is 2. The summed E-state index contributed by atoms with van der Waals surface area (Å²) in [5.41, 5.74) is 2.52. The van der Waals surface area contributed by atoms with Crippen LogP contribution in [0, 0.1) is 0 Å². The molecule has 0 bridgehead atoms. The average molecular weight is 272 g/mol. The molecule has 0 aliphatic heterocycles. The van der Waals surface area contributed by atoms with Crippen molar-refractivity contribution in [2.75, 3.05) is 21.1 Å². The highest BCUT2D eigenvalue weighted by molar-refractivity contribution is 5.81. The zero-order chi connectivity index (χ0) is 14.7. The van der Waals surface area contributed by atoms with Crippen LogP contribution in [-0.4, -0.2) is 52.9 Å². The minimum absolute atomic E-state index is 0.0740. The van der Waals surface area contributed by atoms with Crippen molar-refractivity contribution < 1.29 is 4.79 Å². The maximum atomic E-state index is 12.2. The van der Waals surface area contributed by atoms with Gasteiger partial charge in [-0.25, -0.2) is 4.98 Å². The number of amides is 1. The van der Waals surface area contributed by atoms with Gasteiger partial charge < -0.3 is 4.90 Å². The van der Waals surface area contributed by atoms with Gasteiger partial charge in [-0.1, -0.05) is 12.1 Å². The highest BCUT2D eigenvalue weighted by Crippen LogP contribution is 2.10. The van der Waals surface area contributed by atoms with E-state index in [0.717, 1.165) is 16.7 Å². The first kappa shape index (κ1) is 14.4. The fourth-order valence-electron chi connectivity index (χ4n) is 1.93. The smallest absolute Gasteiger partial charge is 0.239 e. The van der Waals surface area contributed by atoms with Crippen LogP contribution in [0.25, 0.3) is 11.0 Å². The molecule has 2 aromatic rings. The lowest BCUT2D eigenvalue weighted by Crippen LogP contribution is -2.42. The van der Waals surface area contributed by atoms with Crippen LogP contribution >= 0.6 is 0 Å². The van der Waals surface area contributed by atoms with E-state index >= 15 is 0 Å². The van der Waals surface area contributed by atoms with Gasteiger partial charge in [0.2, 0.25) is 5.91 Å². The second-order valence-electron chi connectivity index (χ2n) is 5.18. The van der Waals surface area contributed by atoms with E-state index in [2.05, 4.69) is 9.97 Å². The summed E-state index contributed by atoms with van der Waals surface area (Å²) in [6.45, 7) is 2.36. The van der Waals surface area contributed by atoms with Crippen LogP contribution in [0.2, 0.25) is 0 Å². The van der Waals surface area contributed by atoms with Crippen molar-refractivity contribution in [2.45, 2.75) is 19.5 Å². The fourth-order valence-corrected chi connectivity index (χ4v) is 1.93. The van der Waals surface area contributed by atoms with Crippen LogP contribution in [0.5, 0.6) is 0 Å². The van der Waals surface area contributed by atoms with E-state index in [9.17, 15) is 4.79 Å². The third kappa shape index (κ3) is 3.11. The number of fused-ring (bicyclic) bond motifs is 1. The molecule has 1 atom stereocenters. The third-order valence-electron chi connectivity index (χ3n) is 3.41. The summed E-state index contributed by atoms with van der Waals surface area (Å²) in [6, 6.07) is 7.58. The molecule has 0 fully saturated rings. The third-order valence-corrected chi connectivity index (χ3v) is 3.41. The predicted molar refractivity (Wildman–Crippen MR) is 79.2 cm³/mol. The minimum atomic E-state index is -0.145. The number of rotatable bonds is 4. The van der Waals surface area contributed by atoms with E-state index in [1.54, 1.807) is 18.1 Å². The van der Waals surface area contributed by atoms with Crippen LogP contribution in [0.15, 0.2) is 30.5 Å². The molecule has 0 aliphatic carbocycles. The van der Waals surface area contributed by atoms with Gasteiger partial charge in [-0.2, -0.15) is 0 Å². The Bertz CT molecular complexity index is 612. The summed E-state index contributed by atoms with van der Waals surface area (Å²) in [7, 11) is 5.58. The van der Waals surface area contributed by atoms with Crippen molar-refractivity contribution in [3.8, 4) is 0 Å². The first-order chi connectivity index (χ1) is 9.49. The van der Waals surface area contributed by atoms with Crippen LogP contribution in [0.4, 0.5) is 0 Å². The summed E-state index contributed by atoms with van der Waals surface area (Å²) >= 11 is 0. The maximum absolute atomic E-state index is 12.2. The van der Waals surface area contributed by atoms with Crippen molar-refractivity contribution in [1.82, 2.24) is 19.8 Å². The molecule has 0 saturated carbocycles. The minimum Gasteiger partial charge on any atom is -0.338 e. The lowest BCUT2D eigenvalue weighted by molar-refractivity contribution is -0.134. The van der Waals surface area contributed by atoms with Gasteiger partial charge in [0.05, 0.1) is 35.5 Å². The highest BCUT2D eigenvalue weighted by atomic mass is 16.2. The predicted octanol–water partition coefficient (Wildman–Crippen LogP) is 1.54. The number of likely N-dealkylation sites (N-methyl/N-ethyl adjacent to an activating group) is 2. The van der Waals surface area contributed by atoms with E-state index in [0.29, 0.717) is 6.54 Å². The van der Waals surface area contributed by atoms with Gasteiger partial charge in [-0.05, 0) is 33.2 Å². The monoisotopic (exact) mass is 272 g/mol. The van der Waals surface area contributed by atoms with Crippen LogP contribution in [0.3, 0.4) is 0 Å². The lowest BCUT2D eigenvalue weighted by atomic mass is 10.2. The van der Waals surface area contributed by atoms with Gasteiger partial charge in [0.25, 0.3) is 0 Å². The number of carbonyl (C=O) groups is 1. The zero-order valence-corrected chi connectivity index (χ0v) is 12.4. The first-order valence-electron chi connectivity index (χ1n) is 6.61. The molecular formula is C15H20N4O. The molecule has 1 amide bonds. The first-order valence-corrected chi connectivity index (χ1v) is 6.61. The van der Waals surface area contributed by atoms with Crippen LogP contribution in [0.1, 0.15) is 12.6 Å². The number of hydrogen-bond acceptors (Lipinski definition) is 4. The molecule has 5 heteroatoms. The van der Waals surface area contributed by atoms with Gasteiger partial charge in [0.1, 0.15) is 0 Å². The molecule has 106 valence electrons. The fraction of sp³-hybridized carbons (Fsp3) is 0.400. The Morgan fingerprint density at radius 1 is 1.20 bits per heavy atom. The second-order valence-corrected chi connectivity index (χ2v) is 5.18. The van der Waals surface area contributed by atoms with Crippen molar-refractivity contribution in [2.24, 2.45) is 0 Å². The number of carbonyl (C=O) groups excluding carboxylic acids is 1. The molecule has 0 saturated heterocycles. The molecule has 1 aromatic heterocycles. The highest BCUT2D eigenvalue weighted by Gasteiger charge is 2.19. The largest absolute Gasteiger partial charge is 0.338 e. The number of nitrogens with zero attached hydrogens (tertiary/aromatic N) is 4. The summed E-state index contributed by atoms with van der Waals surface area (Å²) in [4.78, 5) is 24.7. The van der Waals surface area contributed by atoms with Crippen molar-refractivity contribution >= 4 is 16.9 Å². The molecule has 0 radical (unpaired) electrons. The van der Waals surface area contributed by atoms with E-state index in [4.69, 9.17) is 0 Å². The standard InChI is InChI=1S/C15H20N4O/c1-11(18(2)3)15(20)19(4)10-12-9-16-13-7-5-6-8-14(13)17-12/h5-9,11H,10H2,1-4H3/t11-/m0/s1. The Labute approximate surface area is 119 Å². The van der Waals surface area contributed by atoms with E-state index in [-0.39, 0.29) is 11.9 Å². The Morgan fingerprint density at radius 3 is 2.50 bits per heavy atom. The van der Waals surface area contributed by atoms with E-state index in [1.165, 1.54) is 0 Å². The lowest BCUT2D eigenvalue weighted by Gasteiger charge is -2.25. The summed E-state index contributed by atoms with van der Waals surface area (Å²) in [6.07, 6.45) is 1.73. The average Bonchev–Trinajstić information content (AvgIpc) is 2.45. The van der Waals surface area contributed by atoms with Crippen molar-refractivity contribution in [3.05, 3.63) is 36.2 Å². The molecule has 1 aromatic carbocycles. The molecule has 2 rings (SSSR count). The molecule has 0 unspecified atom stereocenters. The molecule has 20 heavy (non-hydrogen) atoms. The van der Waals surface area contributed by atoms with Crippen molar-refractivity contribution in [1.29, 1.82) is 0 Å². The molecule has 1 heterocycles. The number of para-hydroxylation sites is 2. The quantitative estimate of drug-likeness (QED) is 0.847. The maximum Gasteiger partial charge on any atom is 0.239 e. The molecule has 0 spiro atoms.